The molecule has 0 atom stereocenters. The highest BCUT2D eigenvalue weighted by molar-refractivity contribution is 6.18. The molecule has 0 aromatic carbocycles. The number of alkyl halides is 1. The van der Waals surface area contributed by atoms with E-state index in [0.29, 0.717) is 0 Å². The maximum Gasteiger partial charge on any atom is 0.0351 e. The molecule has 0 aromatic rings. The van der Waals surface area contributed by atoms with E-state index in [9.17, 15) is 0 Å². The number of hydrogen-bond donors (Lipinski definition) is 0. The lowest BCUT2D eigenvalue weighted by molar-refractivity contribution is 0.342. The fourth-order valence-electron chi connectivity index (χ4n) is 3.19. The summed E-state index contributed by atoms with van der Waals surface area (Å²) in [5.74, 6) is 0.759. The maximum atomic E-state index is 5.73. The Morgan fingerprint density at radius 1 is 0.522 bits per heavy atom. The quantitative estimate of drug-likeness (QED) is 0.174. The minimum absolute atomic E-state index is 0.759. The van der Waals surface area contributed by atoms with Crippen LogP contribution in [-0.2, 0) is 0 Å². The molecule has 0 N–H and O–H groups in total. The first-order valence-electron chi connectivity index (χ1n) is 10.6. The van der Waals surface area contributed by atoms with E-state index < -0.39 is 0 Å². The van der Waals surface area contributed by atoms with Gasteiger partial charge in [-0.15, -0.1) is 11.6 Å². The van der Waals surface area contributed by atoms with Crippen molar-refractivity contribution < 1.29 is 0 Å². The predicted molar refractivity (Wildman–Crippen MR) is 108 cm³/mol. The predicted octanol–water partition coefficient (Wildman–Crippen LogP) is 7.42. The van der Waals surface area contributed by atoms with Crippen LogP contribution in [0.5, 0.6) is 0 Å². The van der Waals surface area contributed by atoms with Crippen LogP contribution in [0.4, 0.5) is 0 Å². The molecule has 0 heterocycles. The summed E-state index contributed by atoms with van der Waals surface area (Å²) in [5, 5.41) is 0. The lowest BCUT2D eigenvalue weighted by Crippen LogP contribution is -2.21. The zero-order valence-electron chi connectivity index (χ0n) is 16.3. The SMILES string of the molecule is CCCCCCCCCCCCCCCCCCN(C)CCCl. The fourth-order valence-corrected chi connectivity index (χ4v) is 3.47. The van der Waals surface area contributed by atoms with Gasteiger partial charge in [-0.3, -0.25) is 0 Å². The van der Waals surface area contributed by atoms with Gasteiger partial charge in [-0.1, -0.05) is 103 Å². The van der Waals surface area contributed by atoms with Crippen LogP contribution in [0.15, 0.2) is 0 Å². The lowest BCUT2D eigenvalue weighted by atomic mass is 10.0. The molecule has 0 fully saturated rings. The van der Waals surface area contributed by atoms with Crippen LogP contribution >= 0.6 is 11.6 Å². The zero-order valence-corrected chi connectivity index (χ0v) is 17.0. The summed E-state index contributed by atoms with van der Waals surface area (Å²) >= 11 is 5.73. The van der Waals surface area contributed by atoms with Crippen molar-refractivity contribution in [1.29, 1.82) is 0 Å². The Labute approximate surface area is 152 Å². The van der Waals surface area contributed by atoms with Crippen molar-refractivity contribution in [2.75, 3.05) is 26.0 Å². The number of unbranched alkanes of at least 4 members (excludes halogenated alkanes) is 15. The summed E-state index contributed by atoms with van der Waals surface area (Å²) in [5.41, 5.74) is 0. The van der Waals surface area contributed by atoms with E-state index >= 15 is 0 Å². The molecule has 0 amide bonds. The van der Waals surface area contributed by atoms with Gasteiger partial charge in [0.05, 0.1) is 0 Å². The van der Waals surface area contributed by atoms with E-state index in [4.69, 9.17) is 11.6 Å². The van der Waals surface area contributed by atoms with Crippen LogP contribution < -0.4 is 0 Å². The summed E-state index contributed by atoms with van der Waals surface area (Å²) in [6, 6.07) is 0. The van der Waals surface area contributed by atoms with Gasteiger partial charge in [0.25, 0.3) is 0 Å². The molecule has 0 spiro atoms. The second kappa shape index (κ2) is 20.3. The standard InChI is InChI=1S/C21H44ClN/c1-3-4-5-6-7-8-9-10-11-12-13-14-15-16-17-18-20-23(2)21-19-22/h3-21H2,1-2H3. The molecule has 0 aliphatic rings. The number of nitrogens with zero attached hydrogens (tertiary/aromatic N) is 1. The van der Waals surface area contributed by atoms with Crippen LogP contribution in [0.1, 0.15) is 110 Å². The minimum Gasteiger partial charge on any atom is -0.305 e. The summed E-state index contributed by atoms with van der Waals surface area (Å²) < 4.78 is 0. The van der Waals surface area contributed by atoms with Gasteiger partial charge in [-0.05, 0) is 20.0 Å². The van der Waals surface area contributed by atoms with Crippen molar-refractivity contribution in [3.63, 3.8) is 0 Å². The van der Waals surface area contributed by atoms with Gasteiger partial charge in [0.15, 0.2) is 0 Å². The lowest BCUT2D eigenvalue weighted by Gasteiger charge is -2.14. The van der Waals surface area contributed by atoms with E-state index in [-0.39, 0.29) is 0 Å². The molecule has 140 valence electrons. The van der Waals surface area contributed by atoms with Crippen molar-refractivity contribution in [2.45, 2.75) is 110 Å². The number of hydrogen-bond acceptors (Lipinski definition) is 1. The van der Waals surface area contributed by atoms with E-state index in [1.54, 1.807) is 0 Å². The molecule has 0 unspecified atom stereocenters. The first-order chi connectivity index (χ1) is 11.3. The maximum absolute atomic E-state index is 5.73. The van der Waals surface area contributed by atoms with Crippen LogP contribution in [0, 0.1) is 0 Å². The Hall–Kier alpha value is 0.250. The van der Waals surface area contributed by atoms with Gasteiger partial charge in [-0.2, -0.15) is 0 Å². The van der Waals surface area contributed by atoms with E-state index in [2.05, 4.69) is 18.9 Å². The first-order valence-corrected chi connectivity index (χ1v) is 11.1. The molecule has 0 aliphatic heterocycles. The first kappa shape index (κ1) is 23.2. The molecule has 23 heavy (non-hydrogen) atoms. The summed E-state index contributed by atoms with van der Waals surface area (Å²) in [4.78, 5) is 2.34. The molecule has 0 saturated carbocycles. The van der Waals surface area contributed by atoms with Crippen molar-refractivity contribution >= 4 is 11.6 Å². The van der Waals surface area contributed by atoms with Crippen LogP contribution in [0.2, 0.25) is 0 Å². The average Bonchev–Trinajstić information content (AvgIpc) is 2.54. The molecule has 0 saturated heterocycles. The van der Waals surface area contributed by atoms with Gasteiger partial charge in [0.2, 0.25) is 0 Å². The highest BCUT2D eigenvalue weighted by atomic mass is 35.5. The molecule has 1 nitrogen and oxygen atoms in total. The zero-order chi connectivity index (χ0) is 17.0. The van der Waals surface area contributed by atoms with Crippen molar-refractivity contribution in [3.8, 4) is 0 Å². The number of rotatable bonds is 19. The molecular weight excluding hydrogens is 302 g/mol. The average molecular weight is 346 g/mol. The Morgan fingerprint density at radius 2 is 0.870 bits per heavy atom. The molecule has 0 aromatic heterocycles. The highest BCUT2D eigenvalue weighted by Crippen LogP contribution is 2.13. The monoisotopic (exact) mass is 345 g/mol. The van der Waals surface area contributed by atoms with Gasteiger partial charge in [0, 0.05) is 12.4 Å². The third-order valence-corrected chi connectivity index (χ3v) is 5.03. The Morgan fingerprint density at radius 3 is 1.22 bits per heavy atom. The molecule has 2 heteroatoms. The number of halogens is 1. The van der Waals surface area contributed by atoms with Crippen LogP contribution in [0.3, 0.4) is 0 Å². The van der Waals surface area contributed by atoms with Gasteiger partial charge >= 0.3 is 0 Å². The summed E-state index contributed by atoms with van der Waals surface area (Å²) in [7, 11) is 2.17. The summed E-state index contributed by atoms with van der Waals surface area (Å²) in [6.07, 6.45) is 23.1. The fraction of sp³-hybridized carbons (Fsp3) is 1.00. The van der Waals surface area contributed by atoms with Gasteiger partial charge < -0.3 is 4.90 Å². The van der Waals surface area contributed by atoms with Crippen molar-refractivity contribution in [3.05, 3.63) is 0 Å². The third-order valence-electron chi connectivity index (χ3n) is 4.86. The van der Waals surface area contributed by atoms with Gasteiger partial charge in [-0.25, -0.2) is 0 Å². The second-order valence-electron chi connectivity index (χ2n) is 7.30. The van der Waals surface area contributed by atoms with E-state index in [1.165, 1.54) is 109 Å². The normalized spacial score (nSPS) is 11.5. The Bertz CT molecular complexity index is 208. The van der Waals surface area contributed by atoms with Crippen molar-refractivity contribution in [1.82, 2.24) is 4.90 Å². The van der Waals surface area contributed by atoms with E-state index in [1.807, 2.05) is 0 Å². The Kier molecular flexibility index (Phi) is 20.5. The summed E-state index contributed by atoms with van der Waals surface area (Å²) in [6.45, 7) is 4.53. The third kappa shape index (κ3) is 20.2. The molecule has 0 radical (unpaired) electrons. The molecule has 0 rings (SSSR count). The second-order valence-corrected chi connectivity index (χ2v) is 7.67. The smallest absolute Gasteiger partial charge is 0.0351 e. The largest absolute Gasteiger partial charge is 0.305 e. The van der Waals surface area contributed by atoms with Crippen molar-refractivity contribution in [2.24, 2.45) is 0 Å². The van der Waals surface area contributed by atoms with Crippen LogP contribution in [-0.4, -0.2) is 30.9 Å². The minimum atomic E-state index is 0.759. The molecular formula is C21H44ClN. The topological polar surface area (TPSA) is 3.24 Å². The van der Waals surface area contributed by atoms with E-state index in [0.717, 1.165) is 12.4 Å². The molecule has 0 bridgehead atoms. The highest BCUT2D eigenvalue weighted by Gasteiger charge is 1.97. The van der Waals surface area contributed by atoms with Crippen LogP contribution in [0.25, 0.3) is 0 Å². The Balaban J connectivity index is 3.00. The molecule has 0 aliphatic carbocycles. The van der Waals surface area contributed by atoms with Gasteiger partial charge in [0.1, 0.15) is 0 Å².